The zero-order valence-electron chi connectivity index (χ0n) is 13.4. The summed E-state index contributed by atoms with van der Waals surface area (Å²) in [5.41, 5.74) is 3.54. The quantitative estimate of drug-likeness (QED) is 0.789. The minimum absolute atomic E-state index is 0.170. The molecule has 1 fully saturated rings. The van der Waals surface area contributed by atoms with Gasteiger partial charge < -0.3 is 0 Å². The van der Waals surface area contributed by atoms with Crippen LogP contribution in [0.1, 0.15) is 28.7 Å². The molecule has 0 bridgehead atoms. The first kappa shape index (κ1) is 15.1. The van der Waals surface area contributed by atoms with Crippen molar-refractivity contribution < 1.29 is 4.39 Å². The van der Waals surface area contributed by atoms with Gasteiger partial charge in [-0.15, -0.1) is 0 Å². The third-order valence-electron chi connectivity index (χ3n) is 4.84. The van der Waals surface area contributed by atoms with Gasteiger partial charge in [-0.05, 0) is 29.3 Å². The van der Waals surface area contributed by atoms with Gasteiger partial charge in [0.25, 0.3) is 0 Å². The topological polar surface area (TPSA) is 31.9 Å². The van der Waals surface area contributed by atoms with Crippen molar-refractivity contribution in [1.82, 2.24) is 15.1 Å². The van der Waals surface area contributed by atoms with Crippen molar-refractivity contribution >= 4 is 0 Å². The lowest BCUT2D eigenvalue weighted by Crippen LogP contribution is -2.20. The number of benzene rings is 2. The van der Waals surface area contributed by atoms with E-state index in [-0.39, 0.29) is 5.82 Å². The summed E-state index contributed by atoms with van der Waals surface area (Å²) in [6.45, 7) is 2.67. The predicted octanol–water partition coefficient (Wildman–Crippen LogP) is 3.93. The van der Waals surface area contributed by atoms with Gasteiger partial charge in [0, 0.05) is 43.4 Å². The Hall–Kier alpha value is -2.46. The summed E-state index contributed by atoms with van der Waals surface area (Å²) in [7, 11) is 0. The molecule has 1 N–H and O–H groups in total. The molecule has 4 rings (SSSR count). The number of hydrogen-bond acceptors (Lipinski definition) is 2. The van der Waals surface area contributed by atoms with Gasteiger partial charge in [0.1, 0.15) is 5.82 Å². The number of H-pyrrole nitrogens is 1. The standard InChI is InChI=1S/C20H20FN3/c21-17-8-4-5-15(11-17)12-24-13-18(16-6-2-1-3-7-16)19(14-24)20-9-10-22-23-20/h1-11,18-19H,12-14H2,(H,22,23)/t18-,19+/m0/s1. The molecule has 2 aromatic carbocycles. The molecule has 1 aliphatic heterocycles. The van der Waals surface area contributed by atoms with E-state index in [9.17, 15) is 4.39 Å². The van der Waals surface area contributed by atoms with E-state index < -0.39 is 0 Å². The van der Waals surface area contributed by atoms with Crippen LogP contribution < -0.4 is 0 Å². The Balaban J connectivity index is 1.58. The van der Waals surface area contributed by atoms with Crippen LogP contribution in [0.2, 0.25) is 0 Å². The second kappa shape index (κ2) is 6.57. The lowest BCUT2D eigenvalue weighted by atomic mass is 9.87. The van der Waals surface area contributed by atoms with Crippen LogP contribution in [0.5, 0.6) is 0 Å². The molecule has 1 aromatic heterocycles. The monoisotopic (exact) mass is 321 g/mol. The van der Waals surface area contributed by atoms with E-state index in [0.717, 1.165) is 25.2 Å². The van der Waals surface area contributed by atoms with E-state index in [4.69, 9.17) is 0 Å². The van der Waals surface area contributed by atoms with Crippen molar-refractivity contribution in [3.8, 4) is 0 Å². The molecule has 24 heavy (non-hydrogen) atoms. The highest BCUT2D eigenvalue weighted by molar-refractivity contribution is 5.28. The second-order valence-electron chi connectivity index (χ2n) is 6.46. The number of rotatable bonds is 4. The minimum atomic E-state index is -0.170. The fourth-order valence-electron chi connectivity index (χ4n) is 3.73. The zero-order chi connectivity index (χ0) is 16.4. The van der Waals surface area contributed by atoms with Crippen LogP contribution in [-0.2, 0) is 6.54 Å². The van der Waals surface area contributed by atoms with Crippen molar-refractivity contribution in [1.29, 1.82) is 0 Å². The zero-order valence-corrected chi connectivity index (χ0v) is 13.4. The first-order valence-corrected chi connectivity index (χ1v) is 8.30. The Morgan fingerprint density at radius 1 is 1.00 bits per heavy atom. The molecule has 4 heteroatoms. The van der Waals surface area contributed by atoms with Crippen LogP contribution in [0.4, 0.5) is 4.39 Å². The Bertz CT molecular complexity index is 786. The first-order valence-electron chi connectivity index (χ1n) is 8.30. The number of hydrogen-bond donors (Lipinski definition) is 1. The van der Waals surface area contributed by atoms with Gasteiger partial charge >= 0.3 is 0 Å². The van der Waals surface area contributed by atoms with E-state index in [1.54, 1.807) is 12.1 Å². The Kier molecular flexibility index (Phi) is 4.13. The average molecular weight is 321 g/mol. The summed E-state index contributed by atoms with van der Waals surface area (Å²) < 4.78 is 13.5. The highest BCUT2D eigenvalue weighted by Crippen LogP contribution is 2.39. The fourth-order valence-corrected chi connectivity index (χ4v) is 3.73. The molecule has 0 unspecified atom stereocenters. The number of aromatic amines is 1. The minimum Gasteiger partial charge on any atom is -0.298 e. The summed E-state index contributed by atoms with van der Waals surface area (Å²) >= 11 is 0. The van der Waals surface area contributed by atoms with E-state index in [1.165, 1.54) is 17.3 Å². The summed E-state index contributed by atoms with van der Waals surface area (Å²) in [4.78, 5) is 2.40. The SMILES string of the molecule is Fc1cccc(CN2C[C@@H](c3ccccc3)[C@H](c3ccn[nH]3)C2)c1. The number of nitrogens with one attached hydrogen (secondary N) is 1. The van der Waals surface area contributed by atoms with Gasteiger partial charge in [-0.2, -0.15) is 5.10 Å². The molecule has 2 heterocycles. The lowest BCUT2D eigenvalue weighted by Gasteiger charge is -2.17. The molecule has 0 radical (unpaired) electrons. The number of halogens is 1. The fraction of sp³-hybridized carbons (Fsp3) is 0.250. The van der Waals surface area contributed by atoms with Gasteiger partial charge in [0.2, 0.25) is 0 Å². The maximum absolute atomic E-state index is 13.5. The van der Waals surface area contributed by atoms with E-state index in [0.29, 0.717) is 11.8 Å². The summed E-state index contributed by atoms with van der Waals surface area (Å²) in [6.07, 6.45) is 1.81. The predicted molar refractivity (Wildman–Crippen MR) is 92.2 cm³/mol. The van der Waals surface area contributed by atoms with Crippen molar-refractivity contribution in [3.05, 3.63) is 89.5 Å². The van der Waals surface area contributed by atoms with Crippen molar-refractivity contribution in [3.63, 3.8) is 0 Å². The van der Waals surface area contributed by atoms with Crippen LogP contribution in [-0.4, -0.2) is 28.2 Å². The van der Waals surface area contributed by atoms with Crippen molar-refractivity contribution in [2.24, 2.45) is 0 Å². The molecule has 0 saturated carbocycles. The van der Waals surface area contributed by atoms with Gasteiger partial charge in [-0.25, -0.2) is 4.39 Å². The normalized spacial score (nSPS) is 21.2. The number of nitrogens with zero attached hydrogens (tertiary/aromatic N) is 2. The Morgan fingerprint density at radius 2 is 1.83 bits per heavy atom. The number of likely N-dealkylation sites (tertiary alicyclic amines) is 1. The Morgan fingerprint density at radius 3 is 2.58 bits per heavy atom. The lowest BCUT2D eigenvalue weighted by molar-refractivity contribution is 0.323. The van der Waals surface area contributed by atoms with Crippen LogP contribution in [0.25, 0.3) is 0 Å². The molecule has 3 aromatic rings. The van der Waals surface area contributed by atoms with Crippen LogP contribution in [0.15, 0.2) is 66.9 Å². The van der Waals surface area contributed by atoms with Crippen LogP contribution >= 0.6 is 0 Å². The summed E-state index contributed by atoms with van der Waals surface area (Å²) in [5, 5.41) is 7.26. The van der Waals surface area contributed by atoms with E-state index in [1.807, 2.05) is 18.3 Å². The molecular formula is C20H20FN3. The maximum Gasteiger partial charge on any atom is 0.123 e. The highest BCUT2D eigenvalue weighted by Gasteiger charge is 2.35. The molecule has 1 aliphatic rings. The molecule has 0 aliphatic carbocycles. The molecule has 2 atom stereocenters. The average Bonchev–Trinajstić information content (AvgIpc) is 3.25. The van der Waals surface area contributed by atoms with Crippen molar-refractivity contribution in [2.45, 2.75) is 18.4 Å². The summed E-state index contributed by atoms with van der Waals surface area (Å²) in [6, 6.07) is 19.6. The molecule has 0 amide bonds. The molecule has 1 saturated heterocycles. The molecule has 3 nitrogen and oxygen atoms in total. The molecule has 0 spiro atoms. The second-order valence-corrected chi connectivity index (χ2v) is 6.46. The highest BCUT2D eigenvalue weighted by atomic mass is 19.1. The third kappa shape index (κ3) is 3.10. The van der Waals surface area contributed by atoms with Gasteiger partial charge in [-0.3, -0.25) is 10.00 Å². The Labute approximate surface area is 141 Å². The molecule has 122 valence electrons. The first-order chi connectivity index (χ1) is 11.8. The third-order valence-corrected chi connectivity index (χ3v) is 4.84. The smallest absolute Gasteiger partial charge is 0.123 e. The van der Waals surface area contributed by atoms with Crippen molar-refractivity contribution in [2.75, 3.05) is 13.1 Å². The van der Waals surface area contributed by atoms with Crippen LogP contribution in [0.3, 0.4) is 0 Å². The van der Waals surface area contributed by atoms with Gasteiger partial charge in [0.05, 0.1) is 0 Å². The van der Waals surface area contributed by atoms with E-state index in [2.05, 4.69) is 45.4 Å². The van der Waals surface area contributed by atoms with E-state index >= 15 is 0 Å². The van der Waals surface area contributed by atoms with Gasteiger partial charge in [0.15, 0.2) is 0 Å². The molecular weight excluding hydrogens is 301 g/mol. The van der Waals surface area contributed by atoms with Crippen LogP contribution in [0, 0.1) is 5.82 Å². The number of aromatic nitrogens is 2. The summed E-state index contributed by atoms with van der Waals surface area (Å²) in [5.74, 6) is 0.625. The maximum atomic E-state index is 13.5. The van der Waals surface area contributed by atoms with Gasteiger partial charge in [-0.1, -0.05) is 42.5 Å². The largest absolute Gasteiger partial charge is 0.298 e.